The van der Waals surface area contributed by atoms with Crippen LogP contribution in [0.5, 0.6) is 0 Å². The fourth-order valence-corrected chi connectivity index (χ4v) is 2.87. The first kappa shape index (κ1) is 15.8. The third kappa shape index (κ3) is 3.10. The summed E-state index contributed by atoms with van der Waals surface area (Å²) in [6, 6.07) is 16.9. The fraction of sp³-hybridized carbons (Fsp3) is 0.0526. The fourth-order valence-electron chi connectivity index (χ4n) is 2.87. The quantitative estimate of drug-likeness (QED) is 0.434. The first-order valence-electron chi connectivity index (χ1n) is 8.06. The molecule has 7 heteroatoms. The van der Waals surface area contributed by atoms with Crippen LogP contribution in [0.15, 0.2) is 73.2 Å². The molecule has 0 aliphatic rings. The zero-order chi connectivity index (χ0) is 17.9. The maximum Gasteiger partial charge on any atom is 0.278 e. The molecule has 2 aromatic heterocycles. The first-order valence-corrected chi connectivity index (χ1v) is 8.06. The number of benzene rings is 2. The number of fused-ring (bicyclic) bond motifs is 1. The molecular formula is C19H15N5O2. The molecule has 0 bridgehead atoms. The summed E-state index contributed by atoms with van der Waals surface area (Å²) in [4.78, 5) is 14.8. The van der Waals surface area contributed by atoms with Crippen LogP contribution < -0.4 is 5.32 Å². The van der Waals surface area contributed by atoms with Gasteiger partial charge >= 0.3 is 0 Å². The molecule has 0 unspecified atom stereocenters. The van der Waals surface area contributed by atoms with Crippen LogP contribution in [0.25, 0.3) is 10.8 Å². The minimum absolute atomic E-state index is 0.0354. The molecule has 2 aromatic carbocycles. The van der Waals surface area contributed by atoms with Crippen molar-refractivity contribution >= 4 is 28.0 Å². The van der Waals surface area contributed by atoms with Gasteiger partial charge in [0.15, 0.2) is 5.82 Å². The summed E-state index contributed by atoms with van der Waals surface area (Å²) in [7, 11) is 0. The van der Waals surface area contributed by atoms with Gasteiger partial charge in [-0.15, -0.1) is 0 Å². The molecular weight excluding hydrogens is 330 g/mol. The Bertz CT molecular complexity index is 1080. The van der Waals surface area contributed by atoms with Crippen molar-refractivity contribution in [1.29, 1.82) is 0 Å². The second kappa shape index (κ2) is 6.64. The van der Waals surface area contributed by atoms with Crippen molar-refractivity contribution in [2.24, 2.45) is 0 Å². The Labute approximate surface area is 149 Å². The third-order valence-corrected chi connectivity index (χ3v) is 4.08. The molecule has 0 saturated carbocycles. The highest BCUT2D eigenvalue weighted by atomic mass is 16.6. The molecule has 7 nitrogen and oxygen atoms in total. The normalized spacial score (nSPS) is 10.8. The van der Waals surface area contributed by atoms with Crippen LogP contribution in [0.1, 0.15) is 5.56 Å². The Morgan fingerprint density at radius 2 is 1.88 bits per heavy atom. The van der Waals surface area contributed by atoms with Crippen LogP contribution in [0.2, 0.25) is 0 Å². The van der Waals surface area contributed by atoms with Gasteiger partial charge in [-0.3, -0.25) is 19.8 Å². The van der Waals surface area contributed by atoms with E-state index in [2.05, 4.69) is 15.4 Å². The molecule has 4 rings (SSSR count). The van der Waals surface area contributed by atoms with E-state index in [1.807, 2.05) is 47.3 Å². The average molecular weight is 345 g/mol. The molecule has 0 spiro atoms. The van der Waals surface area contributed by atoms with Gasteiger partial charge in [0.25, 0.3) is 5.69 Å². The molecule has 0 aliphatic heterocycles. The van der Waals surface area contributed by atoms with Crippen molar-refractivity contribution in [2.75, 3.05) is 5.32 Å². The van der Waals surface area contributed by atoms with E-state index in [9.17, 15) is 10.1 Å². The number of pyridine rings is 1. The molecule has 4 aromatic rings. The molecule has 128 valence electrons. The van der Waals surface area contributed by atoms with Crippen LogP contribution in [0.3, 0.4) is 0 Å². The van der Waals surface area contributed by atoms with E-state index in [1.54, 1.807) is 18.3 Å². The number of nitrogens with zero attached hydrogens (tertiary/aromatic N) is 4. The van der Waals surface area contributed by atoms with Crippen molar-refractivity contribution in [2.45, 2.75) is 6.54 Å². The minimum Gasteiger partial charge on any atom is -0.338 e. The highest BCUT2D eigenvalue weighted by Crippen LogP contribution is 2.32. The summed E-state index contributed by atoms with van der Waals surface area (Å²) in [5.41, 5.74) is 1.94. The van der Waals surface area contributed by atoms with Gasteiger partial charge in [-0.25, -0.2) is 0 Å². The predicted octanol–water partition coefficient (Wildman–Crippen LogP) is 4.13. The summed E-state index contributed by atoms with van der Waals surface area (Å²) in [6.07, 6.45) is 5.02. The number of anilines is 2. The van der Waals surface area contributed by atoms with Crippen LogP contribution in [0.4, 0.5) is 17.2 Å². The number of nitro benzene ring substituents is 1. The maximum absolute atomic E-state index is 11.2. The number of rotatable bonds is 5. The molecule has 0 saturated heterocycles. The number of aromatic nitrogens is 3. The predicted molar refractivity (Wildman–Crippen MR) is 99.5 cm³/mol. The highest BCUT2D eigenvalue weighted by Gasteiger charge is 2.14. The maximum atomic E-state index is 11.2. The molecule has 26 heavy (non-hydrogen) atoms. The number of hydrogen-bond acceptors (Lipinski definition) is 5. The lowest BCUT2D eigenvalue weighted by Crippen LogP contribution is -2.01. The van der Waals surface area contributed by atoms with Crippen LogP contribution in [0, 0.1) is 10.1 Å². The summed E-state index contributed by atoms with van der Waals surface area (Å²) >= 11 is 0. The Morgan fingerprint density at radius 1 is 1.04 bits per heavy atom. The Hall–Kier alpha value is -3.74. The smallest absolute Gasteiger partial charge is 0.278 e. The van der Waals surface area contributed by atoms with E-state index in [4.69, 9.17) is 0 Å². The van der Waals surface area contributed by atoms with Crippen molar-refractivity contribution in [3.8, 4) is 0 Å². The highest BCUT2D eigenvalue weighted by molar-refractivity contribution is 6.00. The zero-order valence-corrected chi connectivity index (χ0v) is 13.7. The molecule has 2 heterocycles. The number of non-ortho nitro benzene ring substituents is 1. The minimum atomic E-state index is -0.400. The Kier molecular flexibility index (Phi) is 4.03. The second-order valence-electron chi connectivity index (χ2n) is 5.82. The van der Waals surface area contributed by atoms with E-state index >= 15 is 0 Å². The molecule has 0 radical (unpaired) electrons. The standard InChI is InChI=1S/C19H15N5O2/c25-24(26)18-7-6-17(15-8-10-20-12-16(15)18)21-19-9-11-23(22-19)13-14-4-2-1-3-5-14/h1-12H,13H2,(H,21,22). The van der Waals surface area contributed by atoms with E-state index in [0.29, 0.717) is 17.7 Å². The molecule has 0 fully saturated rings. The summed E-state index contributed by atoms with van der Waals surface area (Å²) in [6.45, 7) is 0.674. The average Bonchev–Trinajstić information content (AvgIpc) is 3.09. The van der Waals surface area contributed by atoms with E-state index in [-0.39, 0.29) is 5.69 Å². The molecule has 1 N–H and O–H groups in total. The SMILES string of the molecule is O=[N+]([O-])c1ccc(Nc2ccn(Cc3ccccc3)n2)c2ccncc12. The van der Waals surface area contributed by atoms with Gasteiger partial charge in [0.1, 0.15) is 0 Å². The van der Waals surface area contributed by atoms with E-state index < -0.39 is 4.92 Å². The van der Waals surface area contributed by atoms with Gasteiger partial charge in [-0.1, -0.05) is 30.3 Å². The lowest BCUT2D eigenvalue weighted by molar-refractivity contribution is -0.383. The third-order valence-electron chi connectivity index (χ3n) is 4.08. The first-order chi connectivity index (χ1) is 12.7. The summed E-state index contributed by atoms with van der Waals surface area (Å²) < 4.78 is 1.84. The van der Waals surface area contributed by atoms with Gasteiger partial charge in [-0.2, -0.15) is 5.10 Å². The van der Waals surface area contributed by atoms with Crippen molar-refractivity contribution in [3.05, 3.63) is 88.9 Å². The van der Waals surface area contributed by atoms with Crippen molar-refractivity contribution < 1.29 is 4.92 Å². The Morgan fingerprint density at radius 3 is 2.69 bits per heavy atom. The van der Waals surface area contributed by atoms with Crippen LogP contribution in [-0.2, 0) is 6.54 Å². The number of hydrogen-bond donors (Lipinski definition) is 1. The number of nitrogens with one attached hydrogen (secondary N) is 1. The zero-order valence-electron chi connectivity index (χ0n) is 13.7. The monoisotopic (exact) mass is 345 g/mol. The van der Waals surface area contributed by atoms with E-state index in [1.165, 1.54) is 12.3 Å². The van der Waals surface area contributed by atoms with Crippen LogP contribution >= 0.6 is 0 Å². The molecule has 0 atom stereocenters. The summed E-state index contributed by atoms with van der Waals surface area (Å²) in [5, 5.41) is 20.2. The lowest BCUT2D eigenvalue weighted by Gasteiger charge is -2.08. The lowest BCUT2D eigenvalue weighted by atomic mass is 10.1. The van der Waals surface area contributed by atoms with Gasteiger partial charge in [0.05, 0.1) is 16.9 Å². The molecule has 0 amide bonds. The van der Waals surface area contributed by atoms with Gasteiger partial charge in [0.2, 0.25) is 0 Å². The molecule has 0 aliphatic carbocycles. The van der Waals surface area contributed by atoms with Gasteiger partial charge < -0.3 is 5.32 Å². The second-order valence-corrected chi connectivity index (χ2v) is 5.82. The van der Waals surface area contributed by atoms with Crippen molar-refractivity contribution in [3.63, 3.8) is 0 Å². The topological polar surface area (TPSA) is 85.9 Å². The van der Waals surface area contributed by atoms with Crippen molar-refractivity contribution in [1.82, 2.24) is 14.8 Å². The Balaban J connectivity index is 1.62. The number of nitro groups is 1. The summed E-state index contributed by atoms with van der Waals surface area (Å²) in [5.74, 6) is 0.674. The van der Waals surface area contributed by atoms with E-state index in [0.717, 1.165) is 16.6 Å². The van der Waals surface area contributed by atoms with Crippen LogP contribution in [-0.4, -0.2) is 19.7 Å². The van der Waals surface area contributed by atoms with Gasteiger partial charge in [-0.05, 0) is 17.7 Å². The largest absolute Gasteiger partial charge is 0.338 e. The van der Waals surface area contributed by atoms with Gasteiger partial charge in [0, 0.05) is 41.8 Å².